The van der Waals surface area contributed by atoms with E-state index < -0.39 is 19.2 Å². The van der Waals surface area contributed by atoms with E-state index in [1.54, 1.807) is 23.6 Å². The summed E-state index contributed by atoms with van der Waals surface area (Å²) in [4.78, 5) is 9.08. The van der Waals surface area contributed by atoms with Crippen LogP contribution in [0.4, 0.5) is 4.39 Å². The minimum Gasteiger partial charge on any atom is 0 e. The van der Waals surface area contributed by atoms with Crippen molar-refractivity contribution in [2.75, 3.05) is 0 Å². The van der Waals surface area contributed by atoms with Crippen molar-refractivity contribution < 1.29 is 25.9 Å². The normalized spacial score (nSPS) is 12.0. The van der Waals surface area contributed by atoms with Crippen LogP contribution in [-0.4, -0.2) is 23.2 Å². The number of halogens is 1. The summed E-state index contributed by atoms with van der Waals surface area (Å²) in [5.41, 5.74) is 4.72. The number of hydrogen-bond acceptors (Lipinski definition) is 3. The zero-order chi connectivity index (χ0) is 31.1. The summed E-state index contributed by atoms with van der Waals surface area (Å²) in [6.07, 6.45) is 3.79. The molecule has 2 nitrogen and oxygen atoms in total. The van der Waals surface area contributed by atoms with Crippen LogP contribution in [0.3, 0.4) is 0 Å². The van der Waals surface area contributed by atoms with Gasteiger partial charge in [0.15, 0.2) is 0 Å². The smallest absolute Gasteiger partial charge is 0 e. The molecule has 6 heteroatoms. The van der Waals surface area contributed by atoms with Gasteiger partial charge in [0.25, 0.3) is 0 Å². The molecule has 0 unspecified atom stereocenters. The van der Waals surface area contributed by atoms with Gasteiger partial charge in [-0.05, 0) is 33.8 Å². The molecule has 0 aliphatic carbocycles. The Hall–Kier alpha value is -3.22. The Morgan fingerprint density at radius 1 is 0.773 bits per heavy atom. The summed E-state index contributed by atoms with van der Waals surface area (Å²) in [6.45, 7) is 3.74. The van der Waals surface area contributed by atoms with E-state index in [9.17, 15) is 4.39 Å². The molecule has 0 bridgehead atoms. The standard InChI is InChI=1S/C24H17FNS.C14H16GeN.Ir/c1-14(2)15-11-12-26-22(13-15)20-7-3-5-18-19-10-9-16-17(6-4-8-21(16)25)23(19)27-24(18)20;1-15(2,3)13-9-10-14(16-11-13)12-7-5-4-6-8-12;/h3-6,8-14H,1-2H3;4-7,9-11H,1-3H3;/q2*-1;/i14D;;. The molecule has 223 valence electrons. The minimum absolute atomic E-state index is 0. The van der Waals surface area contributed by atoms with Crippen LogP contribution in [0.15, 0.2) is 103 Å². The van der Waals surface area contributed by atoms with Crippen LogP contribution < -0.4 is 4.40 Å². The monoisotopic (exact) mass is 836 g/mol. The van der Waals surface area contributed by atoms with E-state index in [1.807, 2.05) is 80.7 Å². The van der Waals surface area contributed by atoms with Crippen LogP contribution in [0.5, 0.6) is 0 Å². The van der Waals surface area contributed by atoms with Crippen molar-refractivity contribution in [2.24, 2.45) is 0 Å². The van der Waals surface area contributed by atoms with Gasteiger partial charge in [0, 0.05) is 43.1 Å². The molecule has 4 aromatic carbocycles. The molecule has 0 saturated heterocycles. The van der Waals surface area contributed by atoms with Crippen LogP contribution in [0.25, 0.3) is 53.5 Å². The van der Waals surface area contributed by atoms with Gasteiger partial charge in [-0.15, -0.1) is 23.8 Å². The van der Waals surface area contributed by atoms with E-state index >= 15 is 0 Å². The Labute approximate surface area is 280 Å². The average molecular weight is 835 g/mol. The molecule has 7 rings (SSSR count). The number of pyridine rings is 2. The van der Waals surface area contributed by atoms with Crippen molar-refractivity contribution in [1.82, 2.24) is 9.97 Å². The molecule has 3 aromatic heterocycles. The van der Waals surface area contributed by atoms with E-state index in [0.717, 1.165) is 53.6 Å². The summed E-state index contributed by atoms with van der Waals surface area (Å²) in [5, 5.41) is 3.81. The first-order valence-corrected chi connectivity index (χ1v) is 22.5. The number of rotatable bonds is 4. The SMILES string of the molecule is [2H]C(C)(C)c1ccnc(-c2[c-]ccc3c2sc2c4cccc(F)c4ccc32)c1.[CH3][Ge]([CH3])([CH3])[c]1ccc(-c2[c-]cccc2)nc1.[Ir]. The zero-order valence-electron chi connectivity index (χ0n) is 26.3. The maximum absolute atomic E-state index is 14.2. The Bertz CT molecular complexity index is 2100. The van der Waals surface area contributed by atoms with Crippen LogP contribution in [-0.2, 0) is 20.1 Å². The van der Waals surface area contributed by atoms with Gasteiger partial charge in [-0.25, -0.2) is 4.39 Å². The van der Waals surface area contributed by atoms with Crippen molar-refractivity contribution in [3.05, 3.63) is 127 Å². The van der Waals surface area contributed by atoms with Crippen LogP contribution in [0.1, 0.15) is 26.7 Å². The van der Waals surface area contributed by atoms with Gasteiger partial charge in [-0.3, -0.25) is 0 Å². The quantitative estimate of drug-likeness (QED) is 0.130. The Kier molecular flexibility index (Phi) is 9.39. The van der Waals surface area contributed by atoms with E-state index in [2.05, 4.69) is 57.6 Å². The number of nitrogens with zero attached hydrogens (tertiary/aromatic N) is 2. The maximum atomic E-state index is 14.2. The van der Waals surface area contributed by atoms with Crippen LogP contribution in [0.2, 0.25) is 17.3 Å². The number of fused-ring (bicyclic) bond motifs is 5. The molecule has 0 spiro atoms. The van der Waals surface area contributed by atoms with E-state index in [-0.39, 0.29) is 25.9 Å². The molecule has 0 saturated carbocycles. The molecular formula is C38H33FGeIrN2S-2. The fraction of sp³-hybridized carbons (Fsp3) is 0.158. The Morgan fingerprint density at radius 3 is 2.25 bits per heavy atom. The summed E-state index contributed by atoms with van der Waals surface area (Å²) >= 11 is -0.0660. The molecule has 0 aliphatic rings. The number of thiophene rings is 1. The van der Waals surface area contributed by atoms with Crippen LogP contribution in [0, 0.1) is 17.9 Å². The van der Waals surface area contributed by atoms with E-state index in [0.29, 0.717) is 5.39 Å². The average Bonchev–Trinajstić information content (AvgIpc) is 3.41. The molecule has 0 fully saturated rings. The predicted molar refractivity (Wildman–Crippen MR) is 184 cm³/mol. The molecular weight excluding hydrogens is 800 g/mol. The van der Waals surface area contributed by atoms with Crippen molar-refractivity contribution in [2.45, 2.75) is 37.0 Å². The van der Waals surface area contributed by atoms with Crippen molar-refractivity contribution in [3.8, 4) is 22.5 Å². The largest absolute Gasteiger partial charge is 0 e. The second-order valence-electron chi connectivity index (χ2n) is 11.9. The van der Waals surface area contributed by atoms with Gasteiger partial charge < -0.3 is 4.98 Å². The van der Waals surface area contributed by atoms with Gasteiger partial charge in [-0.2, -0.15) is 11.3 Å². The fourth-order valence-corrected chi connectivity index (χ4v) is 8.64. The molecule has 3 heterocycles. The van der Waals surface area contributed by atoms with Gasteiger partial charge >= 0.3 is 99.8 Å². The third kappa shape index (κ3) is 6.57. The van der Waals surface area contributed by atoms with Crippen molar-refractivity contribution >= 4 is 59.9 Å². The summed E-state index contributed by atoms with van der Waals surface area (Å²) in [7, 11) is 0. The number of benzene rings is 4. The molecule has 1 radical (unpaired) electrons. The number of aromatic nitrogens is 2. The molecule has 0 amide bonds. The fourth-order valence-electron chi connectivity index (χ4n) is 5.14. The topological polar surface area (TPSA) is 25.8 Å². The van der Waals surface area contributed by atoms with E-state index in [4.69, 9.17) is 1.37 Å². The molecule has 7 aromatic rings. The van der Waals surface area contributed by atoms with Gasteiger partial charge in [0.05, 0.1) is 0 Å². The molecule has 0 atom stereocenters. The first-order valence-electron chi connectivity index (χ1n) is 14.9. The first-order chi connectivity index (χ1) is 21.0. The zero-order valence-corrected chi connectivity index (χ0v) is 30.6. The third-order valence-electron chi connectivity index (χ3n) is 7.61. The summed E-state index contributed by atoms with van der Waals surface area (Å²) in [5.74, 6) is 6.25. The summed E-state index contributed by atoms with van der Waals surface area (Å²) < 4.78 is 26.2. The second-order valence-corrected chi connectivity index (χ2v) is 23.5. The predicted octanol–water partition coefficient (Wildman–Crippen LogP) is 10.4. The molecule has 0 N–H and O–H groups in total. The maximum Gasteiger partial charge on any atom is 0 e. The van der Waals surface area contributed by atoms with Gasteiger partial charge in [0.2, 0.25) is 0 Å². The molecule has 0 aliphatic heterocycles. The summed E-state index contributed by atoms with van der Waals surface area (Å²) in [6, 6.07) is 35.7. The Balaban J connectivity index is 0.000000202. The van der Waals surface area contributed by atoms with Crippen molar-refractivity contribution in [1.29, 1.82) is 0 Å². The van der Waals surface area contributed by atoms with Crippen LogP contribution >= 0.6 is 11.3 Å². The van der Waals surface area contributed by atoms with E-state index in [1.165, 1.54) is 10.5 Å². The van der Waals surface area contributed by atoms with Gasteiger partial charge in [-0.1, -0.05) is 55.1 Å². The third-order valence-corrected chi connectivity index (χ3v) is 13.1. The van der Waals surface area contributed by atoms with Gasteiger partial charge in [0.1, 0.15) is 5.82 Å². The van der Waals surface area contributed by atoms with Crippen molar-refractivity contribution in [3.63, 3.8) is 0 Å². The number of hydrogen-bond donors (Lipinski definition) is 0. The minimum atomic E-state index is -1.72. The first kappa shape index (κ1) is 30.8. The molecule has 44 heavy (non-hydrogen) atoms. The Morgan fingerprint density at radius 2 is 1.55 bits per heavy atom. The second kappa shape index (κ2) is 13.4.